The largest absolute Gasteiger partial charge is 0.393 e. The maximum atomic E-state index is 13.8. The van der Waals surface area contributed by atoms with Crippen molar-refractivity contribution >= 4 is 23.8 Å². The number of hydrogen-bond donors (Lipinski definition) is 2. The SMILES string of the molecule is O=c1[nH]c(=S)[nH]cc1C(F)(F)C(F)(F)C(F)(F)C(F)(F)C(F)(F)C(F)(F)C(F)(F)Cl. The van der Waals surface area contributed by atoms with Crippen LogP contribution in [0, 0.1) is 4.77 Å². The molecular weight excluding hydrogens is 510 g/mol. The summed E-state index contributed by atoms with van der Waals surface area (Å²) in [5.74, 6) is -46.6. The van der Waals surface area contributed by atoms with Crippen LogP contribution in [0.3, 0.4) is 0 Å². The van der Waals surface area contributed by atoms with E-state index in [2.05, 4.69) is 23.8 Å². The van der Waals surface area contributed by atoms with Gasteiger partial charge >= 0.3 is 40.9 Å². The molecule has 19 heteroatoms. The lowest BCUT2D eigenvalue weighted by molar-refractivity contribution is -0.437. The standard InChI is InChI=1S/C11H3ClF14N2OS/c12-11(25,26)10(23,24)9(21,22)8(19,20)7(17,18)6(15,16)5(13,14)2-1-27-4(30)28-3(2)29/h1H,(H2,27,28,29,30). The fraction of sp³-hybridized carbons (Fsp3) is 0.636. The van der Waals surface area contributed by atoms with Crippen molar-refractivity contribution < 1.29 is 61.5 Å². The van der Waals surface area contributed by atoms with E-state index in [1.165, 1.54) is 4.98 Å². The number of nitrogens with one attached hydrogen (secondary N) is 2. The third-order valence-corrected chi connectivity index (χ3v) is 3.94. The third kappa shape index (κ3) is 3.34. The van der Waals surface area contributed by atoms with Gasteiger partial charge in [-0.15, -0.1) is 0 Å². The molecule has 0 aliphatic carbocycles. The Labute approximate surface area is 164 Å². The Morgan fingerprint density at radius 1 is 0.700 bits per heavy atom. The van der Waals surface area contributed by atoms with Crippen LogP contribution in [0.5, 0.6) is 0 Å². The Kier molecular flexibility index (Phi) is 6.14. The van der Waals surface area contributed by atoms with Crippen molar-refractivity contribution in [1.29, 1.82) is 0 Å². The minimum atomic E-state index is -8.26. The first-order valence-electron chi connectivity index (χ1n) is 6.57. The van der Waals surface area contributed by atoms with Crippen molar-refractivity contribution in [3.63, 3.8) is 0 Å². The van der Waals surface area contributed by atoms with E-state index in [0.29, 0.717) is 0 Å². The molecule has 1 rings (SSSR count). The second-order valence-corrected chi connectivity index (χ2v) is 6.31. The minimum Gasteiger partial charge on any atom is -0.338 e. The highest BCUT2D eigenvalue weighted by molar-refractivity contribution is 7.71. The second-order valence-electron chi connectivity index (χ2n) is 5.43. The van der Waals surface area contributed by atoms with Crippen LogP contribution in [0.15, 0.2) is 11.0 Å². The predicted octanol–water partition coefficient (Wildman–Crippen LogP) is 5.53. The van der Waals surface area contributed by atoms with Gasteiger partial charge in [0.15, 0.2) is 4.77 Å². The molecule has 0 aromatic carbocycles. The molecule has 30 heavy (non-hydrogen) atoms. The molecule has 1 aromatic heterocycles. The van der Waals surface area contributed by atoms with E-state index < -0.39 is 63.0 Å². The molecule has 0 fully saturated rings. The summed E-state index contributed by atoms with van der Waals surface area (Å²) >= 11 is 7.62. The number of H-pyrrole nitrogens is 2. The van der Waals surface area contributed by atoms with Crippen LogP contribution in [-0.4, -0.2) is 45.0 Å². The third-order valence-electron chi connectivity index (χ3n) is 3.49. The maximum Gasteiger partial charge on any atom is 0.393 e. The number of alkyl halides is 15. The maximum absolute atomic E-state index is 13.8. The fourth-order valence-corrected chi connectivity index (χ4v) is 2.05. The summed E-state index contributed by atoms with van der Waals surface area (Å²) in [4.78, 5) is 13.8. The lowest BCUT2D eigenvalue weighted by Crippen LogP contribution is -2.72. The Balaban J connectivity index is 3.74. The lowest BCUT2D eigenvalue weighted by atomic mass is 9.89. The first kappa shape index (κ1) is 26.4. The first-order chi connectivity index (χ1) is 12.9. The van der Waals surface area contributed by atoms with Crippen LogP contribution in [-0.2, 0) is 5.92 Å². The molecule has 0 aliphatic rings. The van der Waals surface area contributed by atoms with Gasteiger partial charge in [0.05, 0.1) is 0 Å². The van der Waals surface area contributed by atoms with E-state index >= 15 is 0 Å². The molecule has 0 spiro atoms. The first-order valence-corrected chi connectivity index (χ1v) is 7.36. The van der Waals surface area contributed by atoms with Gasteiger partial charge in [-0.2, -0.15) is 61.5 Å². The Morgan fingerprint density at radius 3 is 1.43 bits per heavy atom. The average molecular weight is 513 g/mol. The van der Waals surface area contributed by atoms with E-state index in [9.17, 15) is 66.3 Å². The van der Waals surface area contributed by atoms with Crippen molar-refractivity contribution in [2.75, 3.05) is 0 Å². The molecule has 0 bridgehead atoms. The summed E-state index contributed by atoms with van der Waals surface area (Å²) in [6.45, 7) is 0. The smallest absolute Gasteiger partial charge is 0.338 e. The van der Waals surface area contributed by atoms with Gasteiger partial charge in [-0.25, -0.2) is 0 Å². The number of rotatable bonds is 7. The predicted molar refractivity (Wildman–Crippen MR) is 71.7 cm³/mol. The minimum absolute atomic E-state index is 0.483. The summed E-state index contributed by atoms with van der Waals surface area (Å²) in [7, 11) is 0. The molecule has 174 valence electrons. The summed E-state index contributed by atoms with van der Waals surface area (Å²) in [5, 5.41) is -6.71. The number of aromatic amines is 2. The second kappa shape index (κ2) is 6.96. The van der Waals surface area contributed by atoms with Gasteiger partial charge in [0.1, 0.15) is 5.56 Å². The Hall–Kier alpha value is -1.59. The van der Waals surface area contributed by atoms with Crippen LogP contribution >= 0.6 is 23.8 Å². The van der Waals surface area contributed by atoms with Crippen molar-refractivity contribution in [2.24, 2.45) is 0 Å². The highest BCUT2D eigenvalue weighted by Crippen LogP contribution is 2.63. The molecule has 0 saturated heterocycles. The number of halogens is 15. The zero-order valence-electron chi connectivity index (χ0n) is 13.1. The lowest BCUT2D eigenvalue weighted by Gasteiger charge is -2.41. The van der Waals surface area contributed by atoms with E-state index in [4.69, 9.17) is 0 Å². The fourth-order valence-electron chi connectivity index (χ4n) is 1.78. The molecule has 1 aromatic rings. The molecule has 0 amide bonds. The van der Waals surface area contributed by atoms with Gasteiger partial charge in [0.25, 0.3) is 5.56 Å². The normalized spacial score (nSPS) is 15.4. The zero-order chi connectivity index (χ0) is 24.4. The zero-order valence-corrected chi connectivity index (χ0v) is 14.6. The van der Waals surface area contributed by atoms with Gasteiger partial charge in [-0.3, -0.25) is 9.78 Å². The molecule has 1 heterocycles. The quantitative estimate of drug-likeness (QED) is 0.287. The van der Waals surface area contributed by atoms with Crippen LogP contribution < -0.4 is 5.56 Å². The van der Waals surface area contributed by atoms with Crippen LogP contribution in [0.25, 0.3) is 0 Å². The Bertz CT molecular complexity index is 917. The van der Waals surface area contributed by atoms with E-state index in [1.807, 2.05) is 0 Å². The highest BCUT2D eigenvalue weighted by atomic mass is 35.5. The molecule has 0 aliphatic heterocycles. The summed E-state index contributed by atoms with van der Waals surface area (Å²) in [5.41, 5.74) is -5.14. The number of hydrogen-bond acceptors (Lipinski definition) is 2. The molecule has 3 nitrogen and oxygen atoms in total. The van der Waals surface area contributed by atoms with Crippen LogP contribution in [0.2, 0.25) is 0 Å². The van der Waals surface area contributed by atoms with Gasteiger partial charge in [-0.05, 0) is 23.8 Å². The average Bonchev–Trinajstić information content (AvgIpc) is 2.52. The van der Waals surface area contributed by atoms with Crippen molar-refractivity contribution in [1.82, 2.24) is 9.97 Å². The monoisotopic (exact) mass is 512 g/mol. The molecule has 0 unspecified atom stereocenters. The molecular formula is C11H3ClF14N2OS. The topological polar surface area (TPSA) is 48.6 Å². The molecule has 0 radical (unpaired) electrons. The van der Waals surface area contributed by atoms with Gasteiger partial charge in [0.2, 0.25) is 0 Å². The van der Waals surface area contributed by atoms with E-state index in [0.717, 1.165) is 4.98 Å². The van der Waals surface area contributed by atoms with Crippen LogP contribution in [0.4, 0.5) is 61.5 Å². The summed E-state index contributed by atoms with van der Waals surface area (Å²) in [6, 6.07) is 0. The van der Waals surface area contributed by atoms with Gasteiger partial charge < -0.3 is 4.98 Å². The van der Waals surface area contributed by atoms with Crippen molar-refractivity contribution in [3.05, 3.63) is 26.9 Å². The van der Waals surface area contributed by atoms with Crippen molar-refractivity contribution in [2.45, 2.75) is 40.9 Å². The molecule has 0 atom stereocenters. The summed E-state index contributed by atoms with van der Waals surface area (Å²) in [6.07, 6.45) is -0.483. The number of aromatic nitrogens is 2. The molecule has 2 N–H and O–H groups in total. The van der Waals surface area contributed by atoms with E-state index in [1.54, 1.807) is 0 Å². The van der Waals surface area contributed by atoms with Gasteiger partial charge in [0, 0.05) is 6.20 Å². The van der Waals surface area contributed by atoms with E-state index in [-0.39, 0.29) is 0 Å². The van der Waals surface area contributed by atoms with Crippen molar-refractivity contribution in [3.8, 4) is 0 Å². The summed E-state index contributed by atoms with van der Waals surface area (Å²) < 4.78 is 185. The van der Waals surface area contributed by atoms with Crippen LogP contribution in [0.1, 0.15) is 5.56 Å². The van der Waals surface area contributed by atoms with Gasteiger partial charge in [-0.1, -0.05) is 0 Å². The molecule has 0 saturated carbocycles. The Morgan fingerprint density at radius 2 is 1.07 bits per heavy atom. The highest BCUT2D eigenvalue weighted by Gasteiger charge is 2.93.